The average Bonchev–Trinajstić information content (AvgIpc) is 3.05. The summed E-state index contributed by atoms with van der Waals surface area (Å²) in [6, 6.07) is 3.69. The Morgan fingerprint density at radius 1 is 1.20 bits per heavy atom. The van der Waals surface area contributed by atoms with Crippen molar-refractivity contribution in [1.29, 1.82) is 0 Å². The molecule has 7 heteroatoms. The third kappa shape index (κ3) is 2.47. The Labute approximate surface area is 142 Å². The zero-order chi connectivity index (χ0) is 17.0. The Hall–Kier alpha value is -2.83. The van der Waals surface area contributed by atoms with E-state index in [0.717, 1.165) is 22.4 Å². The second-order valence-electron chi connectivity index (χ2n) is 6.61. The lowest BCUT2D eigenvalue weighted by Crippen LogP contribution is -2.17. The molecule has 1 N–H and O–H groups in total. The fourth-order valence-corrected chi connectivity index (χ4v) is 3.12. The van der Waals surface area contributed by atoms with Crippen LogP contribution in [0.2, 0.25) is 0 Å². The number of halogens is 2. The molecule has 5 rings (SSSR count). The van der Waals surface area contributed by atoms with E-state index in [4.69, 9.17) is 0 Å². The molecule has 0 bridgehead atoms. The molecule has 3 aromatic heterocycles. The standard InChI is InChI=1S/C18H15F2N5/c19-15-8-21-16-4-1-11(9-25(15)16)12-2-3-14-13(12)7-22-17(24-14)23-10-18(20)5-6-18/h1-2,4,7-9H,3,5-6,10H2,(H,22,23,24). The number of rotatable bonds is 4. The predicted molar refractivity (Wildman–Crippen MR) is 89.5 cm³/mol. The van der Waals surface area contributed by atoms with Gasteiger partial charge in [0.2, 0.25) is 11.9 Å². The number of nitrogens with one attached hydrogen (secondary N) is 1. The number of imidazole rings is 1. The van der Waals surface area contributed by atoms with Crippen molar-refractivity contribution < 1.29 is 8.78 Å². The Morgan fingerprint density at radius 2 is 2.08 bits per heavy atom. The average molecular weight is 339 g/mol. The smallest absolute Gasteiger partial charge is 0.223 e. The molecular weight excluding hydrogens is 324 g/mol. The summed E-state index contributed by atoms with van der Waals surface area (Å²) in [6.45, 7) is 0.253. The molecule has 25 heavy (non-hydrogen) atoms. The van der Waals surface area contributed by atoms with Crippen molar-refractivity contribution in [2.24, 2.45) is 0 Å². The molecule has 0 amide bonds. The molecule has 0 atom stereocenters. The van der Waals surface area contributed by atoms with E-state index >= 15 is 0 Å². The number of nitrogens with zero attached hydrogens (tertiary/aromatic N) is 4. The fraction of sp³-hybridized carbons (Fsp3) is 0.278. The van der Waals surface area contributed by atoms with Crippen LogP contribution in [0.4, 0.5) is 14.7 Å². The molecule has 0 radical (unpaired) electrons. The van der Waals surface area contributed by atoms with Gasteiger partial charge in [0.25, 0.3) is 0 Å². The van der Waals surface area contributed by atoms with E-state index in [2.05, 4.69) is 26.3 Å². The highest BCUT2D eigenvalue weighted by atomic mass is 19.1. The van der Waals surface area contributed by atoms with Crippen LogP contribution in [0.25, 0.3) is 11.2 Å². The van der Waals surface area contributed by atoms with E-state index in [9.17, 15) is 8.78 Å². The molecule has 0 spiro atoms. The first-order valence-corrected chi connectivity index (χ1v) is 8.24. The first kappa shape index (κ1) is 14.5. The lowest BCUT2D eigenvalue weighted by molar-refractivity contribution is 0.326. The van der Waals surface area contributed by atoms with Crippen molar-refractivity contribution in [3.8, 4) is 0 Å². The van der Waals surface area contributed by atoms with Gasteiger partial charge in [0.15, 0.2) is 0 Å². The van der Waals surface area contributed by atoms with Crippen molar-refractivity contribution in [1.82, 2.24) is 19.4 Å². The SMILES string of the molecule is Fc1cnc2ccc(C3=CCc4nc(NCC5(F)CC5)ncc43)cn12. The summed E-state index contributed by atoms with van der Waals surface area (Å²) < 4.78 is 28.9. The minimum absolute atomic E-state index is 0.253. The van der Waals surface area contributed by atoms with Crippen LogP contribution in [0, 0.1) is 5.95 Å². The van der Waals surface area contributed by atoms with Crippen LogP contribution >= 0.6 is 0 Å². The van der Waals surface area contributed by atoms with Gasteiger partial charge in [0.05, 0.1) is 18.4 Å². The van der Waals surface area contributed by atoms with E-state index in [1.807, 2.05) is 6.07 Å². The highest BCUT2D eigenvalue weighted by Crippen LogP contribution is 2.39. The Bertz CT molecular complexity index is 1020. The van der Waals surface area contributed by atoms with Gasteiger partial charge < -0.3 is 5.32 Å². The molecule has 126 valence electrons. The van der Waals surface area contributed by atoms with Gasteiger partial charge in [-0.1, -0.05) is 6.08 Å². The molecular formula is C18H15F2N5. The fourth-order valence-electron chi connectivity index (χ4n) is 3.12. The van der Waals surface area contributed by atoms with E-state index < -0.39 is 11.6 Å². The second kappa shape index (κ2) is 5.08. The molecule has 0 aliphatic heterocycles. The maximum absolute atomic E-state index is 13.8. The van der Waals surface area contributed by atoms with Crippen molar-refractivity contribution in [3.05, 3.63) is 59.6 Å². The third-order valence-corrected chi connectivity index (χ3v) is 4.78. The van der Waals surface area contributed by atoms with Gasteiger partial charge in [-0.3, -0.25) is 4.40 Å². The molecule has 3 aromatic rings. The van der Waals surface area contributed by atoms with Crippen molar-refractivity contribution in [2.75, 3.05) is 11.9 Å². The van der Waals surface area contributed by atoms with E-state index in [-0.39, 0.29) is 6.54 Å². The number of aromatic nitrogens is 4. The van der Waals surface area contributed by atoms with Crippen LogP contribution < -0.4 is 5.32 Å². The molecule has 5 nitrogen and oxygen atoms in total. The summed E-state index contributed by atoms with van der Waals surface area (Å²) in [6.07, 6.45) is 8.60. The monoisotopic (exact) mass is 339 g/mol. The molecule has 1 saturated carbocycles. The molecule has 2 aliphatic rings. The number of hydrogen-bond donors (Lipinski definition) is 1. The number of fused-ring (bicyclic) bond motifs is 2. The summed E-state index contributed by atoms with van der Waals surface area (Å²) in [5.74, 6) is 0.0557. The Balaban J connectivity index is 1.44. The van der Waals surface area contributed by atoms with Crippen molar-refractivity contribution in [3.63, 3.8) is 0 Å². The summed E-state index contributed by atoms with van der Waals surface area (Å²) in [5.41, 5.74) is 3.15. The van der Waals surface area contributed by atoms with Crippen LogP contribution in [-0.4, -0.2) is 31.6 Å². The lowest BCUT2D eigenvalue weighted by Gasteiger charge is -2.10. The van der Waals surface area contributed by atoms with E-state index in [0.29, 0.717) is 30.9 Å². The van der Waals surface area contributed by atoms with E-state index in [1.54, 1.807) is 18.5 Å². The Kier molecular flexibility index (Phi) is 2.95. The highest BCUT2D eigenvalue weighted by molar-refractivity contribution is 5.83. The molecule has 2 aliphatic carbocycles. The quantitative estimate of drug-likeness (QED) is 0.793. The normalized spacial score (nSPS) is 17.4. The molecule has 0 aromatic carbocycles. The van der Waals surface area contributed by atoms with Gasteiger partial charge in [-0.15, -0.1) is 0 Å². The van der Waals surface area contributed by atoms with Crippen LogP contribution in [0.1, 0.15) is 29.7 Å². The number of anilines is 1. The predicted octanol–water partition coefficient (Wildman–Crippen LogP) is 3.17. The van der Waals surface area contributed by atoms with Crippen LogP contribution in [0.3, 0.4) is 0 Å². The first-order chi connectivity index (χ1) is 12.1. The van der Waals surface area contributed by atoms with Gasteiger partial charge in [0, 0.05) is 24.4 Å². The molecule has 1 fully saturated rings. The van der Waals surface area contributed by atoms with Crippen LogP contribution in [-0.2, 0) is 6.42 Å². The maximum atomic E-state index is 13.8. The number of alkyl halides is 1. The summed E-state index contributed by atoms with van der Waals surface area (Å²) in [4.78, 5) is 12.8. The van der Waals surface area contributed by atoms with Crippen LogP contribution in [0.5, 0.6) is 0 Å². The summed E-state index contributed by atoms with van der Waals surface area (Å²) >= 11 is 0. The third-order valence-electron chi connectivity index (χ3n) is 4.78. The second-order valence-corrected chi connectivity index (χ2v) is 6.61. The number of hydrogen-bond acceptors (Lipinski definition) is 4. The minimum Gasteiger partial charge on any atom is -0.351 e. The zero-order valence-corrected chi connectivity index (χ0v) is 13.3. The van der Waals surface area contributed by atoms with Gasteiger partial charge in [0.1, 0.15) is 11.3 Å². The largest absolute Gasteiger partial charge is 0.351 e. The molecule has 0 saturated heterocycles. The van der Waals surface area contributed by atoms with Crippen molar-refractivity contribution >= 4 is 17.2 Å². The minimum atomic E-state index is -1.09. The van der Waals surface area contributed by atoms with Gasteiger partial charge in [-0.25, -0.2) is 19.3 Å². The highest BCUT2D eigenvalue weighted by Gasteiger charge is 2.43. The van der Waals surface area contributed by atoms with Gasteiger partial charge in [-0.05, 0) is 36.1 Å². The Morgan fingerprint density at radius 3 is 2.92 bits per heavy atom. The zero-order valence-electron chi connectivity index (χ0n) is 13.3. The number of pyridine rings is 1. The first-order valence-electron chi connectivity index (χ1n) is 8.24. The summed E-state index contributed by atoms with van der Waals surface area (Å²) in [5, 5.41) is 2.98. The molecule has 0 unspecified atom stereocenters. The van der Waals surface area contributed by atoms with Gasteiger partial charge >= 0.3 is 0 Å². The lowest BCUT2D eigenvalue weighted by atomic mass is 10.0. The van der Waals surface area contributed by atoms with E-state index in [1.165, 1.54) is 10.6 Å². The van der Waals surface area contributed by atoms with Crippen molar-refractivity contribution in [2.45, 2.75) is 24.9 Å². The van der Waals surface area contributed by atoms with Crippen LogP contribution in [0.15, 0.2) is 36.8 Å². The number of allylic oxidation sites excluding steroid dienone is 1. The topological polar surface area (TPSA) is 55.1 Å². The summed E-state index contributed by atoms with van der Waals surface area (Å²) in [7, 11) is 0. The van der Waals surface area contributed by atoms with Gasteiger partial charge in [-0.2, -0.15) is 4.39 Å². The maximum Gasteiger partial charge on any atom is 0.223 e. The molecule has 3 heterocycles.